The highest BCUT2D eigenvalue weighted by atomic mass is 35.5. The normalized spacial score (nSPS) is 12.1. The fourth-order valence-electron chi connectivity index (χ4n) is 2.16. The number of nitrogens with one attached hydrogen (secondary N) is 2. The van der Waals surface area contributed by atoms with Gasteiger partial charge >= 0.3 is 6.09 Å². The van der Waals surface area contributed by atoms with Crippen molar-refractivity contribution in [2.45, 2.75) is 39.4 Å². The maximum atomic E-state index is 13.7. The summed E-state index contributed by atoms with van der Waals surface area (Å²) in [4.78, 5) is 24.4. The number of para-hydroxylation sites is 1. The molecule has 0 aliphatic heterocycles. The lowest BCUT2D eigenvalue weighted by atomic mass is 10.2. The van der Waals surface area contributed by atoms with E-state index in [-0.39, 0.29) is 11.4 Å². The molecule has 0 aliphatic rings. The summed E-state index contributed by atoms with van der Waals surface area (Å²) in [5.41, 5.74) is -0.440. The monoisotopic (exact) mass is 408 g/mol. The van der Waals surface area contributed by atoms with E-state index in [4.69, 9.17) is 21.1 Å². The number of ether oxygens (including phenoxy) is 2. The number of anilines is 2. The summed E-state index contributed by atoms with van der Waals surface area (Å²) in [6, 6.07) is 10.3. The van der Waals surface area contributed by atoms with Crippen molar-refractivity contribution < 1.29 is 23.5 Å². The van der Waals surface area contributed by atoms with Crippen molar-refractivity contribution in [3.8, 4) is 5.75 Å². The van der Waals surface area contributed by atoms with Gasteiger partial charge in [-0.1, -0.05) is 23.7 Å². The first kappa shape index (κ1) is 21.5. The summed E-state index contributed by atoms with van der Waals surface area (Å²) < 4.78 is 24.4. The minimum atomic E-state index is -0.919. The smallest absolute Gasteiger partial charge is 0.412 e. The molecule has 8 heteroatoms. The van der Waals surface area contributed by atoms with E-state index in [1.807, 2.05) is 0 Å². The van der Waals surface area contributed by atoms with Gasteiger partial charge in [0.2, 0.25) is 0 Å². The lowest BCUT2D eigenvalue weighted by Gasteiger charge is -2.21. The van der Waals surface area contributed by atoms with Crippen LogP contribution in [-0.2, 0) is 9.53 Å². The van der Waals surface area contributed by atoms with E-state index in [9.17, 15) is 14.0 Å². The number of benzene rings is 2. The molecule has 0 fully saturated rings. The Kier molecular flexibility index (Phi) is 6.85. The topological polar surface area (TPSA) is 76.7 Å². The van der Waals surface area contributed by atoms with Crippen LogP contribution in [0.3, 0.4) is 0 Å². The zero-order valence-electron chi connectivity index (χ0n) is 16.0. The molecule has 2 amide bonds. The Balaban J connectivity index is 2.11. The predicted octanol–water partition coefficient (Wildman–Crippen LogP) is 5.23. The van der Waals surface area contributed by atoms with E-state index in [2.05, 4.69) is 10.6 Å². The second kappa shape index (κ2) is 8.93. The number of amides is 2. The molecule has 0 aromatic heterocycles. The Labute approximate surface area is 168 Å². The van der Waals surface area contributed by atoms with Gasteiger partial charge in [-0.05, 0) is 58.0 Å². The van der Waals surface area contributed by atoms with Gasteiger partial charge in [0.15, 0.2) is 6.10 Å². The molecule has 2 rings (SSSR count). The summed E-state index contributed by atoms with van der Waals surface area (Å²) in [7, 11) is 0. The maximum Gasteiger partial charge on any atom is 0.412 e. The quantitative estimate of drug-likeness (QED) is 0.710. The third kappa shape index (κ3) is 6.42. The second-order valence-electron chi connectivity index (χ2n) is 7.00. The number of halogens is 2. The molecule has 6 nitrogen and oxygen atoms in total. The molecule has 0 saturated heterocycles. The van der Waals surface area contributed by atoms with Gasteiger partial charge in [-0.2, -0.15) is 0 Å². The predicted molar refractivity (Wildman–Crippen MR) is 106 cm³/mol. The van der Waals surface area contributed by atoms with E-state index in [1.54, 1.807) is 45.0 Å². The number of carbonyl (C=O) groups is 2. The molecule has 2 N–H and O–H groups in total. The van der Waals surface area contributed by atoms with Crippen LogP contribution in [0, 0.1) is 5.82 Å². The van der Waals surface area contributed by atoms with E-state index < -0.39 is 29.5 Å². The Morgan fingerprint density at radius 1 is 1.07 bits per heavy atom. The summed E-state index contributed by atoms with van der Waals surface area (Å²) in [5.74, 6) is -0.777. The van der Waals surface area contributed by atoms with E-state index in [0.717, 1.165) is 12.1 Å². The minimum Gasteiger partial charge on any atom is -0.479 e. The first-order valence-electron chi connectivity index (χ1n) is 8.57. The van der Waals surface area contributed by atoms with Crippen LogP contribution in [-0.4, -0.2) is 23.7 Å². The van der Waals surface area contributed by atoms with Gasteiger partial charge in [-0.3, -0.25) is 10.1 Å². The van der Waals surface area contributed by atoms with Crippen molar-refractivity contribution in [2.24, 2.45) is 0 Å². The van der Waals surface area contributed by atoms with Gasteiger partial charge in [0.1, 0.15) is 17.2 Å². The molecule has 2 aromatic carbocycles. The van der Waals surface area contributed by atoms with Crippen LogP contribution in [0.1, 0.15) is 27.7 Å². The molecule has 0 radical (unpaired) electrons. The van der Waals surface area contributed by atoms with Crippen LogP contribution >= 0.6 is 11.6 Å². The summed E-state index contributed by atoms with van der Waals surface area (Å²) in [5, 5.41) is 5.40. The molecule has 28 heavy (non-hydrogen) atoms. The highest BCUT2D eigenvalue weighted by molar-refractivity contribution is 6.32. The molecule has 1 unspecified atom stereocenters. The van der Waals surface area contributed by atoms with Crippen molar-refractivity contribution in [2.75, 3.05) is 10.6 Å². The van der Waals surface area contributed by atoms with Gasteiger partial charge in [0.25, 0.3) is 5.91 Å². The van der Waals surface area contributed by atoms with Gasteiger partial charge in [-0.25, -0.2) is 9.18 Å². The standard InChI is InChI=1S/C20H22ClFN2O4/c1-12(27-17-8-6-5-7-14(17)21)18(25)23-16-11-13(22)9-10-15(16)24-19(26)28-20(2,3)4/h5-12H,1-4H3,(H,23,25)(H,24,26). The van der Waals surface area contributed by atoms with Crippen molar-refractivity contribution in [1.82, 2.24) is 0 Å². The van der Waals surface area contributed by atoms with Crippen LogP contribution in [0.25, 0.3) is 0 Å². The molecule has 0 aliphatic carbocycles. The van der Waals surface area contributed by atoms with Crippen molar-refractivity contribution in [3.63, 3.8) is 0 Å². The summed E-state index contributed by atoms with van der Waals surface area (Å²) in [6.45, 7) is 6.67. The Morgan fingerprint density at radius 2 is 1.75 bits per heavy atom. The highest BCUT2D eigenvalue weighted by Gasteiger charge is 2.20. The first-order chi connectivity index (χ1) is 13.0. The minimum absolute atomic E-state index is 0.0745. The van der Waals surface area contributed by atoms with Gasteiger partial charge in [-0.15, -0.1) is 0 Å². The van der Waals surface area contributed by atoms with Gasteiger partial charge in [0.05, 0.1) is 16.4 Å². The zero-order chi connectivity index (χ0) is 20.9. The molecular weight excluding hydrogens is 387 g/mol. The fourth-order valence-corrected chi connectivity index (χ4v) is 2.34. The van der Waals surface area contributed by atoms with Crippen LogP contribution in [0.5, 0.6) is 5.75 Å². The molecule has 150 valence electrons. The molecule has 0 bridgehead atoms. The lowest BCUT2D eigenvalue weighted by molar-refractivity contribution is -0.122. The van der Waals surface area contributed by atoms with E-state index >= 15 is 0 Å². The fraction of sp³-hybridized carbons (Fsp3) is 0.300. The van der Waals surface area contributed by atoms with Crippen LogP contribution < -0.4 is 15.4 Å². The van der Waals surface area contributed by atoms with Gasteiger partial charge < -0.3 is 14.8 Å². The largest absolute Gasteiger partial charge is 0.479 e. The number of hydrogen-bond acceptors (Lipinski definition) is 4. The Hall–Kier alpha value is -2.80. The zero-order valence-corrected chi connectivity index (χ0v) is 16.8. The Bertz CT molecular complexity index is 868. The average molecular weight is 409 g/mol. The van der Waals surface area contributed by atoms with Crippen LogP contribution in [0.15, 0.2) is 42.5 Å². The highest BCUT2D eigenvalue weighted by Crippen LogP contribution is 2.26. The average Bonchev–Trinajstić information content (AvgIpc) is 2.57. The number of carbonyl (C=O) groups excluding carboxylic acids is 2. The number of hydrogen-bond donors (Lipinski definition) is 2. The van der Waals surface area contributed by atoms with Crippen molar-refractivity contribution >= 4 is 35.0 Å². The van der Waals surface area contributed by atoms with Crippen molar-refractivity contribution in [3.05, 3.63) is 53.3 Å². The second-order valence-corrected chi connectivity index (χ2v) is 7.40. The summed E-state index contributed by atoms with van der Waals surface area (Å²) in [6.07, 6.45) is -1.65. The summed E-state index contributed by atoms with van der Waals surface area (Å²) >= 11 is 6.02. The SMILES string of the molecule is CC(Oc1ccccc1Cl)C(=O)Nc1cc(F)ccc1NC(=O)OC(C)(C)C. The van der Waals surface area contributed by atoms with Gasteiger partial charge in [0, 0.05) is 0 Å². The van der Waals surface area contributed by atoms with Crippen LogP contribution in [0.2, 0.25) is 5.02 Å². The third-order valence-electron chi connectivity index (χ3n) is 3.38. The van der Waals surface area contributed by atoms with E-state index in [0.29, 0.717) is 10.8 Å². The van der Waals surface area contributed by atoms with Crippen LogP contribution in [0.4, 0.5) is 20.6 Å². The molecule has 1 atom stereocenters. The molecular formula is C20H22ClFN2O4. The molecule has 0 spiro atoms. The molecule has 2 aromatic rings. The lowest BCUT2D eigenvalue weighted by Crippen LogP contribution is -2.31. The van der Waals surface area contributed by atoms with Crippen molar-refractivity contribution in [1.29, 1.82) is 0 Å². The number of rotatable bonds is 5. The molecule has 0 heterocycles. The Morgan fingerprint density at radius 3 is 2.39 bits per heavy atom. The third-order valence-corrected chi connectivity index (χ3v) is 3.70. The maximum absolute atomic E-state index is 13.7. The molecule has 0 saturated carbocycles. The first-order valence-corrected chi connectivity index (χ1v) is 8.94. The van der Waals surface area contributed by atoms with E-state index in [1.165, 1.54) is 13.0 Å².